The summed E-state index contributed by atoms with van der Waals surface area (Å²) >= 11 is 0. The van der Waals surface area contributed by atoms with Gasteiger partial charge in [0.15, 0.2) is 5.96 Å². The van der Waals surface area contributed by atoms with Crippen LogP contribution in [0.5, 0.6) is 0 Å². The molecule has 1 aromatic carbocycles. The predicted octanol–water partition coefficient (Wildman–Crippen LogP) is 0.898. The van der Waals surface area contributed by atoms with Crippen molar-refractivity contribution in [1.82, 2.24) is 5.32 Å². The number of guanidine groups is 1. The van der Waals surface area contributed by atoms with E-state index in [0.717, 1.165) is 38.6 Å². The van der Waals surface area contributed by atoms with Gasteiger partial charge in [0, 0.05) is 24.7 Å². The van der Waals surface area contributed by atoms with E-state index in [9.17, 15) is 0 Å². The van der Waals surface area contributed by atoms with E-state index < -0.39 is 0 Å². The molecule has 0 aromatic heterocycles. The van der Waals surface area contributed by atoms with Gasteiger partial charge < -0.3 is 16.0 Å². The van der Waals surface area contributed by atoms with Crippen molar-refractivity contribution in [3.8, 4) is 0 Å². The fourth-order valence-electron chi connectivity index (χ4n) is 2.71. The van der Waals surface area contributed by atoms with Crippen molar-refractivity contribution in [2.75, 3.05) is 31.1 Å². The third kappa shape index (κ3) is 1.78. The summed E-state index contributed by atoms with van der Waals surface area (Å²) in [6, 6.07) is 8.58. The smallest absolute Gasteiger partial charge is 0.198 e. The Hall–Kier alpha value is -1.55. The molecule has 2 heterocycles. The molecule has 3 rings (SSSR count). The Morgan fingerprint density at radius 1 is 1.41 bits per heavy atom. The second-order valence-electron chi connectivity index (χ2n) is 4.58. The second kappa shape index (κ2) is 4.37. The third-order valence-electron chi connectivity index (χ3n) is 3.50. The monoisotopic (exact) mass is 230 g/mol. The van der Waals surface area contributed by atoms with Crippen LogP contribution in [-0.4, -0.2) is 32.1 Å². The molecule has 0 aliphatic carbocycles. The highest BCUT2D eigenvalue weighted by molar-refractivity contribution is 5.99. The van der Waals surface area contributed by atoms with Crippen molar-refractivity contribution < 1.29 is 0 Å². The van der Waals surface area contributed by atoms with Gasteiger partial charge in [-0.3, -0.25) is 4.99 Å². The Bertz CT molecular complexity index is 441. The molecule has 0 spiro atoms. The predicted molar refractivity (Wildman–Crippen MR) is 70.5 cm³/mol. The maximum absolute atomic E-state index is 5.70. The molecule has 90 valence electrons. The number of anilines is 1. The van der Waals surface area contributed by atoms with Crippen LogP contribution in [0.3, 0.4) is 0 Å². The molecule has 3 N–H and O–H groups in total. The van der Waals surface area contributed by atoms with Gasteiger partial charge >= 0.3 is 0 Å². The minimum Gasteiger partial charge on any atom is -0.354 e. The summed E-state index contributed by atoms with van der Waals surface area (Å²) in [5, 5.41) is 3.35. The number of aliphatic imine (C=N–C) groups is 1. The van der Waals surface area contributed by atoms with Crippen LogP contribution in [0.4, 0.5) is 5.69 Å². The van der Waals surface area contributed by atoms with Crippen LogP contribution in [0.15, 0.2) is 29.3 Å². The molecular formula is C13H18N4. The van der Waals surface area contributed by atoms with Crippen molar-refractivity contribution >= 4 is 11.6 Å². The van der Waals surface area contributed by atoms with Crippen molar-refractivity contribution in [1.29, 1.82) is 0 Å². The zero-order valence-corrected chi connectivity index (χ0v) is 9.89. The second-order valence-corrected chi connectivity index (χ2v) is 4.58. The van der Waals surface area contributed by atoms with Gasteiger partial charge in [0.05, 0.1) is 6.54 Å². The van der Waals surface area contributed by atoms with Gasteiger partial charge in [-0.15, -0.1) is 0 Å². The maximum atomic E-state index is 5.70. The highest BCUT2D eigenvalue weighted by atomic mass is 15.3. The number of nitrogens with zero attached hydrogens (tertiary/aromatic N) is 2. The van der Waals surface area contributed by atoms with E-state index in [4.69, 9.17) is 5.73 Å². The average Bonchev–Trinajstić information content (AvgIpc) is 2.97. The molecule has 1 aromatic rings. The minimum absolute atomic E-state index is 0.543. The van der Waals surface area contributed by atoms with Crippen LogP contribution in [0.1, 0.15) is 17.9 Å². The summed E-state index contributed by atoms with van der Waals surface area (Å²) < 4.78 is 0. The maximum Gasteiger partial charge on any atom is 0.198 e. The molecule has 2 aliphatic heterocycles. The summed E-state index contributed by atoms with van der Waals surface area (Å²) in [6.45, 7) is 3.58. The normalized spacial score (nSPS) is 22.3. The molecule has 0 radical (unpaired) electrons. The summed E-state index contributed by atoms with van der Waals surface area (Å²) in [7, 11) is 0. The molecular weight excluding hydrogens is 212 g/mol. The Morgan fingerprint density at radius 2 is 2.29 bits per heavy atom. The fraction of sp³-hybridized carbons (Fsp3) is 0.462. The van der Waals surface area contributed by atoms with Gasteiger partial charge in [0.25, 0.3) is 0 Å². The summed E-state index contributed by atoms with van der Waals surface area (Å²) in [4.78, 5) is 6.81. The average molecular weight is 230 g/mol. The lowest BCUT2D eigenvalue weighted by molar-refractivity contribution is 0.670. The minimum atomic E-state index is 0.543. The molecule has 0 saturated heterocycles. The van der Waals surface area contributed by atoms with Gasteiger partial charge in [-0.25, -0.2) is 0 Å². The Kier molecular flexibility index (Phi) is 2.73. The molecule has 0 fully saturated rings. The van der Waals surface area contributed by atoms with Gasteiger partial charge in [-0.05, 0) is 24.6 Å². The Labute approximate surface area is 102 Å². The lowest BCUT2D eigenvalue weighted by atomic mass is 9.98. The number of hydrogen-bond donors (Lipinski definition) is 2. The SMILES string of the molecule is NCCC1CN(C2=NCCN2)c2ccccc21. The lowest BCUT2D eigenvalue weighted by Crippen LogP contribution is -2.38. The first-order valence-corrected chi connectivity index (χ1v) is 6.25. The summed E-state index contributed by atoms with van der Waals surface area (Å²) in [5.41, 5.74) is 8.40. The standard InChI is InChI=1S/C13H18N4/c14-6-5-10-9-17(13-15-7-8-16-13)12-4-2-1-3-11(10)12/h1-4,10H,5-9,14H2,(H,15,16). The number of rotatable bonds is 2. The molecule has 0 saturated carbocycles. The van der Waals surface area contributed by atoms with Crippen molar-refractivity contribution in [3.05, 3.63) is 29.8 Å². The van der Waals surface area contributed by atoms with Gasteiger partial charge in [-0.2, -0.15) is 0 Å². The lowest BCUT2D eigenvalue weighted by Gasteiger charge is -2.19. The van der Waals surface area contributed by atoms with Crippen LogP contribution in [0.2, 0.25) is 0 Å². The first kappa shape index (κ1) is 10.6. The van der Waals surface area contributed by atoms with Crippen molar-refractivity contribution in [2.24, 2.45) is 10.7 Å². The van der Waals surface area contributed by atoms with E-state index in [0.29, 0.717) is 5.92 Å². The van der Waals surface area contributed by atoms with E-state index >= 15 is 0 Å². The molecule has 1 unspecified atom stereocenters. The number of hydrogen-bond acceptors (Lipinski definition) is 4. The molecule has 2 aliphatic rings. The summed E-state index contributed by atoms with van der Waals surface area (Å²) in [6.07, 6.45) is 1.04. The quantitative estimate of drug-likeness (QED) is 0.793. The van der Waals surface area contributed by atoms with E-state index in [1.807, 2.05) is 0 Å². The van der Waals surface area contributed by atoms with Crippen LogP contribution in [-0.2, 0) is 0 Å². The molecule has 4 heteroatoms. The number of nitrogens with one attached hydrogen (secondary N) is 1. The fourth-order valence-corrected chi connectivity index (χ4v) is 2.71. The third-order valence-corrected chi connectivity index (χ3v) is 3.50. The largest absolute Gasteiger partial charge is 0.354 e. The topological polar surface area (TPSA) is 53.6 Å². The molecule has 4 nitrogen and oxygen atoms in total. The van der Waals surface area contributed by atoms with Crippen LogP contribution in [0, 0.1) is 0 Å². The molecule has 0 amide bonds. The Balaban J connectivity index is 1.93. The number of nitrogens with two attached hydrogens (primary N) is 1. The zero-order chi connectivity index (χ0) is 11.7. The molecule has 0 bridgehead atoms. The number of benzene rings is 1. The highest BCUT2D eigenvalue weighted by Gasteiger charge is 2.31. The first-order chi connectivity index (χ1) is 8.40. The van der Waals surface area contributed by atoms with E-state index in [1.54, 1.807) is 0 Å². The number of fused-ring (bicyclic) bond motifs is 1. The van der Waals surface area contributed by atoms with E-state index in [1.165, 1.54) is 11.3 Å². The highest BCUT2D eigenvalue weighted by Crippen LogP contribution is 2.37. The van der Waals surface area contributed by atoms with E-state index in [2.05, 4.69) is 39.5 Å². The first-order valence-electron chi connectivity index (χ1n) is 6.25. The van der Waals surface area contributed by atoms with Gasteiger partial charge in [0.1, 0.15) is 0 Å². The molecule has 1 atom stereocenters. The molecule has 17 heavy (non-hydrogen) atoms. The van der Waals surface area contributed by atoms with Crippen LogP contribution < -0.4 is 16.0 Å². The van der Waals surface area contributed by atoms with Crippen LogP contribution in [0.25, 0.3) is 0 Å². The zero-order valence-electron chi connectivity index (χ0n) is 9.89. The van der Waals surface area contributed by atoms with E-state index in [-0.39, 0.29) is 0 Å². The summed E-state index contributed by atoms with van der Waals surface area (Å²) in [5.74, 6) is 1.57. The van der Waals surface area contributed by atoms with Gasteiger partial charge in [-0.1, -0.05) is 18.2 Å². The van der Waals surface area contributed by atoms with Gasteiger partial charge in [0.2, 0.25) is 0 Å². The van der Waals surface area contributed by atoms with Crippen molar-refractivity contribution in [3.63, 3.8) is 0 Å². The van der Waals surface area contributed by atoms with Crippen molar-refractivity contribution in [2.45, 2.75) is 12.3 Å². The number of para-hydroxylation sites is 1. The van der Waals surface area contributed by atoms with Crippen LogP contribution >= 0.6 is 0 Å². The Morgan fingerprint density at radius 3 is 3.06 bits per heavy atom.